The third kappa shape index (κ3) is 3.71. The van der Waals surface area contributed by atoms with E-state index in [2.05, 4.69) is 30.9 Å². The smallest absolute Gasteiger partial charge is 0.0454 e. The van der Waals surface area contributed by atoms with Gasteiger partial charge in [-0.1, -0.05) is 44.0 Å². The van der Waals surface area contributed by atoms with Crippen molar-refractivity contribution in [1.29, 1.82) is 0 Å². The first-order valence-electron chi connectivity index (χ1n) is 7.26. The van der Waals surface area contributed by atoms with Crippen LogP contribution in [0.1, 0.15) is 44.2 Å². The number of benzene rings is 1. The molecule has 0 aliphatic carbocycles. The van der Waals surface area contributed by atoms with E-state index in [0.29, 0.717) is 12.0 Å². The molecule has 106 valence electrons. The number of piperidine rings is 1. The molecule has 0 saturated carbocycles. The summed E-state index contributed by atoms with van der Waals surface area (Å²) < 4.78 is 0. The van der Waals surface area contributed by atoms with Gasteiger partial charge in [0.15, 0.2) is 0 Å². The largest absolute Gasteiger partial charge is 0.326 e. The molecule has 3 heteroatoms. The lowest BCUT2D eigenvalue weighted by atomic mass is 9.78. The van der Waals surface area contributed by atoms with E-state index in [1.165, 1.54) is 37.9 Å². The topological polar surface area (TPSA) is 29.3 Å². The lowest BCUT2D eigenvalue weighted by Crippen LogP contribution is -2.37. The monoisotopic (exact) mass is 280 g/mol. The maximum atomic E-state index is 6.33. The van der Waals surface area contributed by atoms with Crippen molar-refractivity contribution in [2.75, 3.05) is 13.1 Å². The van der Waals surface area contributed by atoms with E-state index in [9.17, 15) is 0 Å². The Kier molecular flexibility index (Phi) is 4.88. The molecule has 1 aromatic carbocycles. The van der Waals surface area contributed by atoms with Gasteiger partial charge in [0.05, 0.1) is 0 Å². The van der Waals surface area contributed by atoms with Crippen LogP contribution in [0.3, 0.4) is 0 Å². The van der Waals surface area contributed by atoms with Crippen LogP contribution in [0, 0.1) is 5.41 Å². The van der Waals surface area contributed by atoms with Gasteiger partial charge >= 0.3 is 0 Å². The molecule has 0 aromatic heterocycles. The summed E-state index contributed by atoms with van der Waals surface area (Å²) >= 11 is 6.33. The lowest BCUT2D eigenvalue weighted by molar-refractivity contribution is 0.109. The molecule has 1 fully saturated rings. The van der Waals surface area contributed by atoms with Gasteiger partial charge in [0.25, 0.3) is 0 Å². The molecule has 1 aliphatic heterocycles. The van der Waals surface area contributed by atoms with Crippen LogP contribution in [0.25, 0.3) is 0 Å². The third-order valence-corrected chi connectivity index (χ3v) is 5.02. The molecule has 1 aromatic rings. The van der Waals surface area contributed by atoms with Crippen molar-refractivity contribution in [2.24, 2.45) is 11.1 Å². The molecule has 19 heavy (non-hydrogen) atoms. The first-order valence-corrected chi connectivity index (χ1v) is 7.64. The Hall–Kier alpha value is -0.570. The van der Waals surface area contributed by atoms with E-state index in [1.807, 2.05) is 6.07 Å². The highest BCUT2D eigenvalue weighted by Gasteiger charge is 2.28. The van der Waals surface area contributed by atoms with Crippen LogP contribution in [-0.4, -0.2) is 18.0 Å². The first-order chi connectivity index (χ1) is 9.06. The Morgan fingerprint density at radius 3 is 2.53 bits per heavy atom. The molecule has 2 N–H and O–H groups in total. The Bertz CT molecular complexity index is 423. The van der Waals surface area contributed by atoms with Crippen molar-refractivity contribution >= 4 is 11.6 Å². The van der Waals surface area contributed by atoms with Crippen LogP contribution in [-0.2, 0) is 13.1 Å². The zero-order valence-electron chi connectivity index (χ0n) is 12.1. The molecule has 0 amide bonds. The van der Waals surface area contributed by atoms with E-state index >= 15 is 0 Å². The standard InChI is InChI=1S/C16H25ClN2/c1-3-16(2)6-8-19(9-7-16)12-14-5-4-13(11-18)10-15(14)17/h4-5,10H,3,6-9,11-12,18H2,1-2H3. The van der Waals surface area contributed by atoms with Crippen molar-refractivity contribution in [3.05, 3.63) is 34.3 Å². The summed E-state index contributed by atoms with van der Waals surface area (Å²) in [5.41, 5.74) is 8.50. The summed E-state index contributed by atoms with van der Waals surface area (Å²) in [7, 11) is 0. The molecular weight excluding hydrogens is 256 g/mol. The summed E-state index contributed by atoms with van der Waals surface area (Å²) in [6.07, 6.45) is 3.87. The van der Waals surface area contributed by atoms with Crippen LogP contribution in [0.15, 0.2) is 18.2 Å². The van der Waals surface area contributed by atoms with E-state index in [0.717, 1.165) is 17.1 Å². The summed E-state index contributed by atoms with van der Waals surface area (Å²) in [5, 5.41) is 0.853. The fourth-order valence-corrected chi connectivity index (χ4v) is 2.95. The second-order valence-corrected chi connectivity index (χ2v) is 6.48. The summed E-state index contributed by atoms with van der Waals surface area (Å²) in [6, 6.07) is 6.20. The van der Waals surface area contributed by atoms with Gasteiger partial charge < -0.3 is 5.73 Å². The van der Waals surface area contributed by atoms with Gasteiger partial charge in [0.1, 0.15) is 0 Å². The second-order valence-electron chi connectivity index (χ2n) is 6.07. The minimum Gasteiger partial charge on any atom is -0.326 e. The molecule has 1 aliphatic rings. The van der Waals surface area contributed by atoms with Gasteiger partial charge in [0.2, 0.25) is 0 Å². The fourth-order valence-electron chi connectivity index (χ4n) is 2.69. The van der Waals surface area contributed by atoms with E-state index in [-0.39, 0.29) is 0 Å². The van der Waals surface area contributed by atoms with Crippen molar-refractivity contribution in [3.8, 4) is 0 Å². The van der Waals surface area contributed by atoms with Crippen molar-refractivity contribution in [1.82, 2.24) is 4.90 Å². The Labute approximate surface area is 121 Å². The number of rotatable bonds is 4. The Balaban J connectivity index is 1.96. The summed E-state index contributed by atoms with van der Waals surface area (Å²) in [5.74, 6) is 0. The number of hydrogen-bond acceptors (Lipinski definition) is 2. The highest BCUT2D eigenvalue weighted by molar-refractivity contribution is 6.31. The molecule has 1 saturated heterocycles. The number of hydrogen-bond donors (Lipinski definition) is 1. The van der Waals surface area contributed by atoms with Crippen LogP contribution >= 0.6 is 11.6 Å². The molecule has 0 atom stereocenters. The van der Waals surface area contributed by atoms with Crippen molar-refractivity contribution < 1.29 is 0 Å². The Morgan fingerprint density at radius 1 is 1.32 bits per heavy atom. The minimum absolute atomic E-state index is 0.545. The van der Waals surface area contributed by atoms with Gasteiger partial charge in [-0.15, -0.1) is 0 Å². The molecule has 0 radical (unpaired) electrons. The molecular formula is C16H25ClN2. The average Bonchev–Trinajstić information content (AvgIpc) is 2.43. The van der Waals surface area contributed by atoms with Gasteiger partial charge in [-0.2, -0.15) is 0 Å². The highest BCUT2D eigenvalue weighted by atomic mass is 35.5. The van der Waals surface area contributed by atoms with Gasteiger partial charge in [-0.3, -0.25) is 4.90 Å². The molecule has 2 nitrogen and oxygen atoms in total. The van der Waals surface area contributed by atoms with Crippen LogP contribution < -0.4 is 5.73 Å². The van der Waals surface area contributed by atoms with Crippen LogP contribution in [0.5, 0.6) is 0 Å². The van der Waals surface area contributed by atoms with Gasteiger partial charge in [-0.25, -0.2) is 0 Å². The Morgan fingerprint density at radius 2 is 2.00 bits per heavy atom. The van der Waals surface area contributed by atoms with Crippen molar-refractivity contribution in [2.45, 2.75) is 46.2 Å². The lowest BCUT2D eigenvalue weighted by Gasteiger charge is -2.39. The normalized spacial score (nSPS) is 19.6. The van der Waals surface area contributed by atoms with E-state index in [4.69, 9.17) is 17.3 Å². The number of halogens is 1. The maximum absolute atomic E-state index is 6.33. The molecule has 0 bridgehead atoms. The zero-order chi connectivity index (χ0) is 13.9. The third-order valence-electron chi connectivity index (χ3n) is 4.66. The SMILES string of the molecule is CCC1(C)CCN(Cc2ccc(CN)cc2Cl)CC1. The number of likely N-dealkylation sites (tertiary alicyclic amines) is 1. The van der Waals surface area contributed by atoms with E-state index in [1.54, 1.807) is 0 Å². The molecule has 2 rings (SSSR count). The van der Waals surface area contributed by atoms with Crippen molar-refractivity contribution in [3.63, 3.8) is 0 Å². The zero-order valence-corrected chi connectivity index (χ0v) is 12.8. The summed E-state index contributed by atoms with van der Waals surface area (Å²) in [4.78, 5) is 2.51. The second kappa shape index (κ2) is 6.25. The predicted molar refractivity (Wildman–Crippen MR) is 82.3 cm³/mol. The van der Waals surface area contributed by atoms with Crippen LogP contribution in [0.4, 0.5) is 0 Å². The number of nitrogens with zero attached hydrogens (tertiary/aromatic N) is 1. The molecule has 1 heterocycles. The number of nitrogens with two attached hydrogens (primary N) is 1. The van der Waals surface area contributed by atoms with Gasteiger partial charge in [0, 0.05) is 18.1 Å². The summed E-state index contributed by atoms with van der Waals surface area (Å²) in [6.45, 7) is 8.59. The van der Waals surface area contributed by atoms with Crippen LogP contribution in [0.2, 0.25) is 5.02 Å². The maximum Gasteiger partial charge on any atom is 0.0454 e. The fraction of sp³-hybridized carbons (Fsp3) is 0.625. The molecule has 0 spiro atoms. The van der Waals surface area contributed by atoms with E-state index < -0.39 is 0 Å². The average molecular weight is 281 g/mol. The quantitative estimate of drug-likeness (QED) is 0.909. The van der Waals surface area contributed by atoms with Gasteiger partial charge in [-0.05, 0) is 48.5 Å². The minimum atomic E-state index is 0.545. The predicted octanol–water partition coefficient (Wildman–Crippen LogP) is 3.81. The molecule has 0 unspecified atom stereocenters. The highest BCUT2D eigenvalue weighted by Crippen LogP contribution is 2.34. The first kappa shape index (κ1) is 14.8.